The van der Waals surface area contributed by atoms with Crippen molar-refractivity contribution in [3.05, 3.63) is 48.6 Å². The molecule has 0 bridgehead atoms. The second-order valence-corrected chi connectivity index (χ2v) is 6.81. The molecule has 0 aromatic carbocycles. The Morgan fingerprint density at radius 2 is 2.36 bits per heavy atom. The SMILES string of the molecule is O=C(c1ccoc1)N1CC[C@H]2OCCC[C@@]2(COc2ccccn2)C1. The lowest BCUT2D eigenvalue weighted by molar-refractivity contribution is -0.133. The number of nitrogens with zero attached hydrogens (tertiary/aromatic N) is 2. The Bertz CT molecular complexity index is 703. The number of hydrogen-bond donors (Lipinski definition) is 0. The fourth-order valence-electron chi connectivity index (χ4n) is 3.89. The van der Waals surface area contributed by atoms with Crippen LogP contribution in [-0.4, -0.2) is 48.2 Å². The zero-order chi connectivity index (χ0) is 17.1. The van der Waals surface area contributed by atoms with Gasteiger partial charge in [0.15, 0.2) is 0 Å². The molecule has 2 aromatic rings. The largest absolute Gasteiger partial charge is 0.477 e. The smallest absolute Gasteiger partial charge is 0.257 e. The van der Waals surface area contributed by atoms with Gasteiger partial charge < -0.3 is 18.8 Å². The lowest BCUT2D eigenvalue weighted by Crippen LogP contribution is -2.58. The van der Waals surface area contributed by atoms with Crippen LogP contribution in [-0.2, 0) is 4.74 Å². The van der Waals surface area contributed by atoms with Crippen molar-refractivity contribution in [1.82, 2.24) is 9.88 Å². The third-order valence-corrected chi connectivity index (χ3v) is 5.19. The molecule has 4 rings (SSSR count). The van der Waals surface area contributed by atoms with Gasteiger partial charge in [-0.3, -0.25) is 4.79 Å². The van der Waals surface area contributed by atoms with Crippen molar-refractivity contribution in [1.29, 1.82) is 0 Å². The van der Waals surface area contributed by atoms with Crippen LogP contribution >= 0.6 is 0 Å². The van der Waals surface area contributed by atoms with Gasteiger partial charge in [0.05, 0.1) is 24.5 Å². The molecule has 2 aromatic heterocycles. The van der Waals surface area contributed by atoms with Gasteiger partial charge in [0, 0.05) is 37.4 Å². The number of furan rings is 1. The highest BCUT2D eigenvalue weighted by Gasteiger charge is 2.48. The van der Waals surface area contributed by atoms with Crippen LogP contribution in [0.15, 0.2) is 47.4 Å². The van der Waals surface area contributed by atoms with E-state index in [1.807, 2.05) is 23.1 Å². The lowest BCUT2D eigenvalue weighted by Gasteiger charge is -2.50. The van der Waals surface area contributed by atoms with Crippen molar-refractivity contribution in [2.45, 2.75) is 25.4 Å². The third kappa shape index (κ3) is 3.26. The van der Waals surface area contributed by atoms with E-state index in [4.69, 9.17) is 13.9 Å². The van der Waals surface area contributed by atoms with E-state index in [0.29, 0.717) is 31.1 Å². The van der Waals surface area contributed by atoms with Gasteiger partial charge in [-0.2, -0.15) is 0 Å². The zero-order valence-corrected chi connectivity index (χ0v) is 14.1. The fourth-order valence-corrected chi connectivity index (χ4v) is 3.89. The molecular formula is C19H22N2O4. The van der Waals surface area contributed by atoms with Gasteiger partial charge in [0.1, 0.15) is 6.26 Å². The van der Waals surface area contributed by atoms with Crippen LogP contribution in [0.25, 0.3) is 0 Å². The first-order valence-electron chi connectivity index (χ1n) is 8.74. The summed E-state index contributed by atoms with van der Waals surface area (Å²) in [6, 6.07) is 7.34. The van der Waals surface area contributed by atoms with Gasteiger partial charge >= 0.3 is 0 Å². The Balaban J connectivity index is 1.51. The molecule has 4 heterocycles. The summed E-state index contributed by atoms with van der Waals surface area (Å²) >= 11 is 0. The number of fused-ring (bicyclic) bond motifs is 1. The molecule has 6 heteroatoms. The standard InChI is InChI=1S/C19H22N2O4/c22-18(15-6-11-23-12-15)21-9-5-16-19(13-21,7-3-10-24-16)14-25-17-4-1-2-8-20-17/h1-2,4,6,8,11-12,16H,3,5,7,9-10,13-14H2/t16-,19+/m1/s1. The minimum absolute atomic E-state index is 0.00924. The number of pyridine rings is 1. The third-order valence-electron chi connectivity index (χ3n) is 5.19. The van der Waals surface area contributed by atoms with Crippen molar-refractivity contribution in [2.24, 2.45) is 5.41 Å². The van der Waals surface area contributed by atoms with Crippen molar-refractivity contribution in [3.8, 4) is 5.88 Å². The Morgan fingerprint density at radius 3 is 3.16 bits per heavy atom. The van der Waals surface area contributed by atoms with E-state index in [-0.39, 0.29) is 17.4 Å². The molecule has 2 fully saturated rings. The predicted octanol–water partition coefficient (Wildman–Crippen LogP) is 2.76. The van der Waals surface area contributed by atoms with Crippen LogP contribution in [0, 0.1) is 5.41 Å². The molecular weight excluding hydrogens is 320 g/mol. The number of ether oxygens (including phenoxy) is 2. The Hall–Kier alpha value is -2.34. The summed E-state index contributed by atoms with van der Waals surface area (Å²) in [7, 11) is 0. The van der Waals surface area contributed by atoms with Crippen molar-refractivity contribution in [2.75, 3.05) is 26.3 Å². The van der Waals surface area contributed by atoms with Crippen LogP contribution in [0.1, 0.15) is 29.6 Å². The highest BCUT2D eigenvalue weighted by molar-refractivity contribution is 5.93. The number of carbonyl (C=O) groups excluding carboxylic acids is 1. The summed E-state index contributed by atoms with van der Waals surface area (Å²) in [5.74, 6) is 0.620. The topological polar surface area (TPSA) is 64.8 Å². The maximum absolute atomic E-state index is 12.7. The van der Waals surface area contributed by atoms with Crippen molar-refractivity contribution < 1.29 is 18.7 Å². The first-order valence-corrected chi connectivity index (χ1v) is 8.74. The molecule has 6 nitrogen and oxygen atoms in total. The van der Waals surface area contributed by atoms with E-state index in [0.717, 1.165) is 25.9 Å². The number of piperidine rings is 1. The molecule has 2 atom stereocenters. The molecule has 0 aliphatic carbocycles. The monoisotopic (exact) mass is 342 g/mol. The highest BCUT2D eigenvalue weighted by Crippen LogP contribution is 2.40. The molecule has 132 valence electrons. The maximum atomic E-state index is 12.7. The summed E-state index contributed by atoms with van der Waals surface area (Å²) in [6.45, 7) is 2.62. The van der Waals surface area contributed by atoms with Gasteiger partial charge in [-0.1, -0.05) is 6.07 Å². The number of rotatable bonds is 4. The zero-order valence-electron chi connectivity index (χ0n) is 14.1. The second kappa shape index (κ2) is 6.88. The van der Waals surface area contributed by atoms with Crippen molar-refractivity contribution in [3.63, 3.8) is 0 Å². The lowest BCUT2D eigenvalue weighted by atomic mass is 9.73. The molecule has 0 N–H and O–H groups in total. The van der Waals surface area contributed by atoms with E-state index in [1.165, 1.54) is 12.5 Å². The predicted molar refractivity (Wildman–Crippen MR) is 90.4 cm³/mol. The minimum Gasteiger partial charge on any atom is -0.477 e. The molecule has 2 aliphatic heterocycles. The number of hydrogen-bond acceptors (Lipinski definition) is 5. The highest BCUT2D eigenvalue weighted by atomic mass is 16.5. The number of likely N-dealkylation sites (tertiary alicyclic amines) is 1. The van der Waals surface area contributed by atoms with E-state index in [2.05, 4.69) is 4.98 Å². The van der Waals surface area contributed by atoms with Crippen molar-refractivity contribution >= 4 is 5.91 Å². The van der Waals surface area contributed by atoms with E-state index in [1.54, 1.807) is 12.3 Å². The normalized spacial score (nSPS) is 26.1. The molecule has 0 radical (unpaired) electrons. The van der Waals surface area contributed by atoms with Crippen LogP contribution in [0.5, 0.6) is 5.88 Å². The summed E-state index contributed by atoms with van der Waals surface area (Å²) in [5, 5.41) is 0. The minimum atomic E-state index is -0.187. The molecule has 2 aliphatic rings. The van der Waals surface area contributed by atoms with E-state index >= 15 is 0 Å². The molecule has 0 spiro atoms. The average Bonchev–Trinajstić information content (AvgIpc) is 3.21. The Morgan fingerprint density at radius 1 is 1.40 bits per heavy atom. The van der Waals surface area contributed by atoms with E-state index < -0.39 is 0 Å². The Labute approximate surface area is 146 Å². The quantitative estimate of drug-likeness (QED) is 0.855. The Kier molecular flexibility index (Phi) is 4.44. The number of carbonyl (C=O) groups is 1. The van der Waals surface area contributed by atoms with Gasteiger partial charge in [-0.25, -0.2) is 4.98 Å². The van der Waals surface area contributed by atoms with Gasteiger partial charge in [-0.05, 0) is 31.4 Å². The maximum Gasteiger partial charge on any atom is 0.257 e. The average molecular weight is 342 g/mol. The van der Waals surface area contributed by atoms with Gasteiger partial charge in [-0.15, -0.1) is 0 Å². The van der Waals surface area contributed by atoms with Gasteiger partial charge in [0.25, 0.3) is 5.91 Å². The first kappa shape index (κ1) is 16.1. The molecule has 2 saturated heterocycles. The summed E-state index contributed by atoms with van der Waals surface area (Å²) < 4.78 is 17.1. The van der Waals surface area contributed by atoms with Crippen LogP contribution < -0.4 is 4.74 Å². The first-order chi connectivity index (χ1) is 12.3. The molecule has 25 heavy (non-hydrogen) atoms. The molecule has 1 amide bonds. The van der Waals surface area contributed by atoms with Crippen LogP contribution in [0.2, 0.25) is 0 Å². The fraction of sp³-hybridized carbons (Fsp3) is 0.474. The summed E-state index contributed by atoms with van der Waals surface area (Å²) in [4.78, 5) is 18.9. The number of aromatic nitrogens is 1. The van der Waals surface area contributed by atoms with Crippen LogP contribution in [0.3, 0.4) is 0 Å². The number of amides is 1. The molecule has 0 unspecified atom stereocenters. The van der Waals surface area contributed by atoms with E-state index in [9.17, 15) is 4.79 Å². The van der Waals surface area contributed by atoms with Gasteiger partial charge in [0.2, 0.25) is 5.88 Å². The summed E-state index contributed by atoms with van der Waals surface area (Å²) in [5.41, 5.74) is 0.406. The summed E-state index contributed by atoms with van der Waals surface area (Å²) in [6.07, 6.45) is 7.67. The molecule has 0 saturated carbocycles. The van der Waals surface area contributed by atoms with Crippen LogP contribution in [0.4, 0.5) is 0 Å². The second-order valence-electron chi connectivity index (χ2n) is 6.81.